The van der Waals surface area contributed by atoms with Crippen molar-refractivity contribution in [2.45, 2.75) is 39.2 Å². The Labute approximate surface area is 165 Å². The Morgan fingerprint density at radius 1 is 1.22 bits per heavy atom. The van der Waals surface area contributed by atoms with E-state index in [1.54, 1.807) is 12.1 Å². The van der Waals surface area contributed by atoms with Crippen LogP contribution in [0.5, 0.6) is 0 Å². The van der Waals surface area contributed by atoms with Crippen LogP contribution >= 0.6 is 11.6 Å². The van der Waals surface area contributed by atoms with Crippen molar-refractivity contribution in [1.29, 1.82) is 0 Å². The highest BCUT2D eigenvalue weighted by Gasteiger charge is 2.17. The fourth-order valence-corrected chi connectivity index (χ4v) is 3.61. The maximum atomic E-state index is 13.8. The summed E-state index contributed by atoms with van der Waals surface area (Å²) in [6.07, 6.45) is 2.46. The van der Waals surface area contributed by atoms with Crippen molar-refractivity contribution in [3.63, 3.8) is 0 Å². The number of amides is 1. The number of halogens is 2. The molecule has 0 saturated carbocycles. The van der Waals surface area contributed by atoms with Gasteiger partial charge in [0.2, 0.25) is 5.91 Å². The normalized spacial score (nSPS) is 16.2. The zero-order chi connectivity index (χ0) is 19.4. The van der Waals surface area contributed by atoms with Crippen molar-refractivity contribution in [3.05, 3.63) is 64.4 Å². The maximum absolute atomic E-state index is 13.8. The Bertz CT molecular complexity index is 785. The van der Waals surface area contributed by atoms with Crippen molar-refractivity contribution in [1.82, 2.24) is 5.32 Å². The highest BCUT2D eigenvalue weighted by atomic mass is 35.5. The zero-order valence-corrected chi connectivity index (χ0v) is 16.6. The SMILES string of the molecule is CC1CCN(c2ccc([C@@H](C)NC(=O)Cc3ccc(Cl)cc3F)cc2)CC1. The van der Waals surface area contributed by atoms with E-state index in [4.69, 9.17) is 11.6 Å². The molecule has 3 rings (SSSR count). The molecule has 3 nitrogen and oxygen atoms in total. The number of hydrogen-bond acceptors (Lipinski definition) is 2. The van der Waals surface area contributed by atoms with Crippen LogP contribution in [0, 0.1) is 11.7 Å². The van der Waals surface area contributed by atoms with E-state index in [0.29, 0.717) is 10.6 Å². The van der Waals surface area contributed by atoms with Gasteiger partial charge in [0, 0.05) is 23.8 Å². The lowest BCUT2D eigenvalue weighted by Crippen LogP contribution is -2.32. The van der Waals surface area contributed by atoms with Gasteiger partial charge in [-0.25, -0.2) is 4.39 Å². The molecule has 0 spiro atoms. The second-order valence-corrected chi connectivity index (χ2v) is 7.90. The van der Waals surface area contributed by atoms with Gasteiger partial charge >= 0.3 is 0 Å². The topological polar surface area (TPSA) is 32.3 Å². The van der Waals surface area contributed by atoms with Gasteiger partial charge in [0.1, 0.15) is 5.82 Å². The van der Waals surface area contributed by atoms with Crippen LogP contribution in [-0.2, 0) is 11.2 Å². The van der Waals surface area contributed by atoms with Crippen LogP contribution in [0.4, 0.5) is 10.1 Å². The monoisotopic (exact) mass is 388 g/mol. The minimum Gasteiger partial charge on any atom is -0.372 e. The smallest absolute Gasteiger partial charge is 0.225 e. The molecule has 0 aliphatic carbocycles. The van der Waals surface area contributed by atoms with Gasteiger partial charge in [-0.3, -0.25) is 4.79 Å². The Hall–Kier alpha value is -2.07. The molecule has 5 heteroatoms. The summed E-state index contributed by atoms with van der Waals surface area (Å²) in [5, 5.41) is 3.27. The molecule has 2 aromatic rings. The lowest BCUT2D eigenvalue weighted by molar-refractivity contribution is -0.121. The molecule has 1 amide bonds. The van der Waals surface area contributed by atoms with Gasteiger partial charge in [0.25, 0.3) is 0 Å². The second-order valence-electron chi connectivity index (χ2n) is 7.46. The third-order valence-corrected chi connectivity index (χ3v) is 5.52. The van der Waals surface area contributed by atoms with E-state index in [1.165, 1.54) is 24.6 Å². The number of piperidine rings is 1. The summed E-state index contributed by atoms with van der Waals surface area (Å²) < 4.78 is 13.8. The van der Waals surface area contributed by atoms with Crippen LogP contribution in [-0.4, -0.2) is 19.0 Å². The van der Waals surface area contributed by atoms with Crippen LogP contribution in [0.25, 0.3) is 0 Å². The van der Waals surface area contributed by atoms with Crippen molar-refractivity contribution < 1.29 is 9.18 Å². The highest BCUT2D eigenvalue weighted by molar-refractivity contribution is 6.30. The summed E-state index contributed by atoms with van der Waals surface area (Å²) in [6, 6.07) is 12.6. The fraction of sp³-hybridized carbons (Fsp3) is 0.409. The molecular formula is C22H26ClFN2O. The van der Waals surface area contributed by atoms with Crippen molar-refractivity contribution >= 4 is 23.2 Å². The molecule has 1 aliphatic rings. The molecular weight excluding hydrogens is 363 g/mol. The molecule has 144 valence electrons. The van der Waals surface area contributed by atoms with Gasteiger partial charge in [-0.05, 0) is 61.1 Å². The van der Waals surface area contributed by atoms with Crippen LogP contribution in [0.1, 0.15) is 43.9 Å². The molecule has 0 bridgehead atoms. The maximum Gasteiger partial charge on any atom is 0.225 e. The standard InChI is InChI=1S/C22H26ClFN2O/c1-15-9-11-26(12-10-15)20-7-4-17(5-8-20)16(2)25-22(27)13-18-3-6-19(23)14-21(18)24/h3-8,14-16H,9-13H2,1-2H3,(H,25,27)/t16-/m1/s1. The number of anilines is 1. The second kappa shape index (κ2) is 8.75. The first kappa shape index (κ1) is 19.7. The Morgan fingerprint density at radius 3 is 2.52 bits per heavy atom. The summed E-state index contributed by atoms with van der Waals surface area (Å²) in [7, 11) is 0. The molecule has 1 N–H and O–H groups in total. The summed E-state index contributed by atoms with van der Waals surface area (Å²) >= 11 is 5.75. The summed E-state index contributed by atoms with van der Waals surface area (Å²) in [5.41, 5.74) is 2.61. The molecule has 27 heavy (non-hydrogen) atoms. The molecule has 1 saturated heterocycles. The number of carbonyl (C=O) groups is 1. The summed E-state index contributed by atoms with van der Waals surface area (Å²) in [6.45, 7) is 6.44. The van der Waals surface area contributed by atoms with E-state index in [2.05, 4.69) is 41.4 Å². The van der Waals surface area contributed by atoms with E-state index < -0.39 is 5.82 Å². The van der Waals surface area contributed by atoms with Crippen molar-refractivity contribution in [3.8, 4) is 0 Å². The average molecular weight is 389 g/mol. The molecule has 1 heterocycles. The number of rotatable bonds is 5. The number of carbonyl (C=O) groups excluding carboxylic acids is 1. The largest absolute Gasteiger partial charge is 0.372 e. The minimum atomic E-state index is -0.453. The van der Waals surface area contributed by atoms with E-state index >= 15 is 0 Å². The summed E-state index contributed by atoms with van der Waals surface area (Å²) in [4.78, 5) is 14.7. The van der Waals surface area contributed by atoms with Crippen LogP contribution in [0.2, 0.25) is 5.02 Å². The highest BCUT2D eigenvalue weighted by Crippen LogP contribution is 2.24. The number of benzene rings is 2. The third kappa shape index (κ3) is 5.23. The first-order valence-electron chi connectivity index (χ1n) is 9.50. The third-order valence-electron chi connectivity index (χ3n) is 5.29. The van der Waals surface area contributed by atoms with Gasteiger partial charge < -0.3 is 10.2 Å². The van der Waals surface area contributed by atoms with Gasteiger partial charge in [0.05, 0.1) is 12.5 Å². The molecule has 0 aromatic heterocycles. The van der Waals surface area contributed by atoms with Crippen LogP contribution in [0.3, 0.4) is 0 Å². The number of nitrogens with zero attached hydrogens (tertiary/aromatic N) is 1. The Balaban J connectivity index is 1.57. The van der Waals surface area contributed by atoms with E-state index in [-0.39, 0.29) is 18.4 Å². The van der Waals surface area contributed by atoms with Crippen LogP contribution in [0.15, 0.2) is 42.5 Å². The van der Waals surface area contributed by atoms with Gasteiger partial charge in [-0.2, -0.15) is 0 Å². The Kier molecular flexibility index (Phi) is 6.38. The quantitative estimate of drug-likeness (QED) is 0.769. The molecule has 1 atom stereocenters. The van der Waals surface area contributed by atoms with E-state index in [9.17, 15) is 9.18 Å². The van der Waals surface area contributed by atoms with Gasteiger partial charge in [-0.15, -0.1) is 0 Å². The lowest BCUT2D eigenvalue weighted by Gasteiger charge is -2.32. The fourth-order valence-electron chi connectivity index (χ4n) is 3.45. The average Bonchev–Trinajstić information content (AvgIpc) is 2.65. The minimum absolute atomic E-state index is 0.00259. The summed E-state index contributed by atoms with van der Waals surface area (Å²) in [5.74, 6) is 0.143. The molecule has 0 radical (unpaired) electrons. The number of hydrogen-bond donors (Lipinski definition) is 1. The molecule has 1 fully saturated rings. The number of nitrogens with one attached hydrogen (secondary N) is 1. The predicted molar refractivity (Wildman–Crippen MR) is 109 cm³/mol. The first-order valence-corrected chi connectivity index (χ1v) is 9.88. The molecule has 2 aromatic carbocycles. The first-order chi connectivity index (χ1) is 12.9. The molecule has 1 aliphatic heterocycles. The van der Waals surface area contributed by atoms with Crippen LogP contribution < -0.4 is 10.2 Å². The van der Waals surface area contributed by atoms with E-state index in [0.717, 1.165) is 24.6 Å². The zero-order valence-electron chi connectivity index (χ0n) is 15.8. The lowest BCUT2D eigenvalue weighted by atomic mass is 9.98. The van der Waals surface area contributed by atoms with Gasteiger partial charge in [-0.1, -0.05) is 36.7 Å². The predicted octanol–water partition coefficient (Wildman–Crippen LogP) is 5.14. The van der Waals surface area contributed by atoms with Crippen molar-refractivity contribution in [2.24, 2.45) is 5.92 Å². The van der Waals surface area contributed by atoms with Crippen molar-refractivity contribution in [2.75, 3.05) is 18.0 Å². The Morgan fingerprint density at radius 2 is 1.89 bits per heavy atom. The molecule has 0 unspecified atom stereocenters. The van der Waals surface area contributed by atoms with E-state index in [1.807, 2.05) is 6.92 Å². The van der Waals surface area contributed by atoms with Gasteiger partial charge in [0.15, 0.2) is 0 Å².